The molecule has 3 rings (SSSR count). The average molecular weight is 471 g/mol. The number of pyridine rings is 1. The molecule has 0 aliphatic rings. The SMILES string of the molecule is CSc1ncc(Nc2cc(COS(C)(=O)=O)cc(-c3cc(Cl)cc(Cl)c3)n2)cn1. The van der Waals surface area contributed by atoms with Gasteiger partial charge in [-0.3, -0.25) is 4.18 Å². The summed E-state index contributed by atoms with van der Waals surface area (Å²) in [5.74, 6) is 0.464. The van der Waals surface area contributed by atoms with Crippen molar-refractivity contribution in [3.8, 4) is 11.3 Å². The van der Waals surface area contributed by atoms with Crippen LogP contribution in [0.3, 0.4) is 0 Å². The highest BCUT2D eigenvalue weighted by Crippen LogP contribution is 2.29. The highest BCUT2D eigenvalue weighted by atomic mass is 35.5. The van der Waals surface area contributed by atoms with Gasteiger partial charge in [-0.25, -0.2) is 15.0 Å². The molecule has 0 saturated heterocycles. The summed E-state index contributed by atoms with van der Waals surface area (Å²) >= 11 is 13.7. The smallest absolute Gasteiger partial charge is 0.264 e. The van der Waals surface area contributed by atoms with Crippen LogP contribution < -0.4 is 5.32 Å². The molecule has 152 valence electrons. The minimum absolute atomic E-state index is 0.140. The van der Waals surface area contributed by atoms with Crippen LogP contribution in [0.2, 0.25) is 10.0 Å². The zero-order chi connectivity index (χ0) is 21.0. The molecule has 0 unspecified atom stereocenters. The molecular formula is C18H16Cl2N4O3S2. The third-order valence-corrected chi connectivity index (χ3v) is 5.12. The third kappa shape index (κ3) is 6.55. The first-order valence-electron chi connectivity index (χ1n) is 8.17. The molecule has 0 bridgehead atoms. The Balaban J connectivity index is 1.99. The fourth-order valence-corrected chi connectivity index (χ4v) is 3.59. The Labute approximate surface area is 183 Å². The standard InChI is InChI=1S/C18H16Cl2N4O3S2/c1-28-18-21-8-15(9-22-18)23-17-4-11(10-27-29(2,25)26)3-16(24-17)12-5-13(19)7-14(20)6-12/h3-9H,10H2,1-2H3,(H,23,24). The van der Waals surface area contributed by atoms with Gasteiger partial charge in [0.1, 0.15) is 5.82 Å². The summed E-state index contributed by atoms with van der Waals surface area (Å²) in [6.45, 7) is -0.140. The second-order valence-corrected chi connectivity index (χ2v) is 9.24. The van der Waals surface area contributed by atoms with Gasteiger partial charge in [0.05, 0.1) is 36.6 Å². The van der Waals surface area contributed by atoms with Crippen molar-refractivity contribution in [1.29, 1.82) is 0 Å². The fourth-order valence-electron chi connectivity index (χ4n) is 2.39. The summed E-state index contributed by atoms with van der Waals surface area (Å²) in [6.07, 6.45) is 6.15. The minimum atomic E-state index is -3.60. The number of nitrogens with zero attached hydrogens (tertiary/aromatic N) is 3. The molecule has 0 saturated carbocycles. The van der Waals surface area contributed by atoms with E-state index in [9.17, 15) is 8.42 Å². The molecule has 0 fully saturated rings. The van der Waals surface area contributed by atoms with Crippen molar-refractivity contribution < 1.29 is 12.6 Å². The lowest BCUT2D eigenvalue weighted by molar-refractivity contribution is 0.311. The van der Waals surface area contributed by atoms with Crippen molar-refractivity contribution in [3.63, 3.8) is 0 Å². The van der Waals surface area contributed by atoms with E-state index >= 15 is 0 Å². The zero-order valence-corrected chi connectivity index (χ0v) is 18.5. The van der Waals surface area contributed by atoms with Crippen LogP contribution in [-0.4, -0.2) is 35.9 Å². The molecule has 2 aromatic heterocycles. The Morgan fingerprint density at radius 3 is 2.31 bits per heavy atom. The number of anilines is 2. The summed E-state index contributed by atoms with van der Waals surface area (Å²) in [6, 6.07) is 8.45. The van der Waals surface area contributed by atoms with Crippen LogP contribution in [0.5, 0.6) is 0 Å². The first-order valence-corrected chi connectivity index (χ1v) is 12.0. The Bertz CT molecular complexity index is 1110. The molecule has 0 radical (unpaired) electrons. The summed E-state index contributed by atoms with van der Waals surface area (Å²) in [4.78, 5) is 13.0. The van der Waals surface area contributed by atoms with Crippen LogP contribution in [0.25, 0.3) is 11.3 Å². The maximum absolute atomic E-state index is 11.4. The van der Waals surface area contributed by atoms with E-state index in [2.05, 4.69) is 20.3 Å². The molecule has 7 nitrogen and oxygen atoms in total. The summed E-state index contributed by atoms with van der Waals surface area (Å²) in [5.41, 5.74) is 2.46. The molecule has 0 aliphatic heterocycles. The fraction of sp³-hybridized carbons (Fsp3) is 0.167. The highest BCUT2D eigenvalue weighted by Gasteiger charge is 2.10. The molecule has 2 heterocycles. The van der Waals surface area contributed by atoms with Gasteiger partial charge in [-0.15, -0.1) is 0 Å². The van der Waals surface area contributed by atoms with Gasteiger partial charge in [0.25, 0.3) is 10.1 Å². The van der Waals surface area contributed by atoms with Crippen LogP contribution in [0, 0.1) is 0 Å². The summed E-state index contributed by atoms with van der Waals surface area (Å²) in [7, 11) is -3.60. The second kappa shape index (κ2) is 9.27. The van der Waals surface area contributed by atoms with Crippen LogP contribution in [0.15, 0.2) is 47.9 Å². The van der Waals surface area contributed by atoms with Crippen LogP contribution in [0.4, 0.5) is 11.5 Å². The average Bonchev–Trinajstić information content (AvgIpc) is 2.65. The van der Waals surface area contributed by atoms with Crippen LogP contribution in [-0.2, 0) is 20.9 Å². The molecule has 0 amide bonds. The number of thioether (sulfide) groups is 1. The van der Waals surface area contributed by atoms with E-state index in [1.54, 1.807) is 42.7 Å². The molecule has 0 aliphatic carbocycles. The minimum Gasteiger partial charge on any atom is -0.338 e. The maximum Gasteiger partial charge on any atom is 0.264 e. The third-order valence-electron chi connectivity index (χ3n) is 3.57. The van der Waals surface area contributed by atoms with Gasteiger partial charge in [-0.2, -0.15) is 8.42 Å². The molecule has 0 atom stereocenters. The van der Waals surface area contributed by atoms with Crippen molar-refractivity contribution in [3.05, 3.63) is 58.3 Å². The van der Waals surface area contributed by atoms with Gasteiger partial charge in [-0.05, 0) is 42.2 Å². The number of hydrogen-bond acceptors (Lipinski definition) is 8. The van der Waals surface area contributed by atoms with E-state index in [1.807, 2.05) is 6.26 Å². The van der Waals surface area contributed by atoms with Crippen molar-refractivity contribution in [2.24, 2.45) is 0 Å². The second-order valence-electron chi connectivity index (χ2n) is 5.95. The molecular weight excluding hydrogens is 455 g/mol. The lowest BCUT2D eigenvalue weighted by Crippen LogP contribution is -2.04. The Morgan fingerprint density at radius 2 is 1.72 bits per heavy atom. The van der Waals surface area contributed by atoms with Crippen molar-refractivity contribution in [2.75, 3.05) is 17.8 Å². The van der Waals surface area contributed by atoms with Crippen molar-refractivity contribution >= 4 is 56.6 Å². The van der Waals surface area contributed by atoms with Gasteiger partial charge >= 0.3 is 0 Å². The Hall–Kier alpha value is -1.91. The Kier molecular flexibility index (Phi) is 6.97. The first kappa shape index (κ1) is 21.8. The molecule has 0 spiro atoms. The van der Waals surface area contributed by atoms with E-state index in [-0.39, 0.29) is 6.61 Å². The van der Waals surface area contributed by atoms with Crippen molar-refractivity contribution in [2.45, 2.75) is 11.8 Å². The quantitative estimate of drug-likeness (QED) is 0.299. The van der Waals surface area contributed by atoms with Crippen LogP contribution in [0.1, 0.15) is 5.56 Å². The highest BCUT2D eigenvalue weighted by molar-refractivity contribution is 7.98. The number of nitrogens with one attached hydrogen (secondary N) is 1. The van der Waals surface area contributed by atoms with Gasteiger partial charge in [0, 0.05) is 15.6 Å². The summed E-state index contributed by atoms with van der Waals surface area (Å²) in [5, 5.41) is 4.68. The van der Waals surface area contributed by atoms with Gasteiger partial charge < -0.3 is 5.32 Å². The maximum atomic E-state index is 11.4. The number of hydrogen-bond donors (Lipinski definition) is 1. The van der Waals surface area contributed by atoms with E-state index in [4.69, 9.17) is 27.4 Å². The molecule has 3 aromatic rings. The van der Waals surface area contributed by atoms with E-state index in [0.29, 0.717) is 43.5 Å². The first-order chi connectivity index (χ1) is 13.7. The predicted molar refractivity (Wildman–Crippen MR) is 116 cm³/mol. The number of aromatic nitrogens is 3. The van der Waals surface area contributed by atoms with Gasteiger partial charge in [-0.1, -0.05) is 35.0 Å². The summed E-state index contributed by atoms with van der Waals surface area (Å²) < 4.78 is 27.7. The topological polar surface area (TPSA) is 94.1 Å². The van der Waals surface area contributed by atoms with E-state index < -0.39 is 10.1 Å². The molecule has 1 N–H and O–H groups in total. The van der Waals surface area contributed by atoms with Gasteiger partial charge in [0.15, 0.2) is 5.16 Å². The van der Waals surface area contributed by atoms with Gasteiger partial charge in [0.2, 0.25) is 0 Å². The normalized spacial score (nSPS) is 11.4. The van der Waals surface area contributed by atoms with Crippen molar-refractivity contribution in [1.82, 2.24) is 15.0 Å². The molecule has 29 heavy (non-hydrogen) atoms. The lowest BCUT2D eigenvalue weighted by atomic mass is 10.1. The zero-order valence-electron chi connectivity index (χ0n) is 15.4. The monoisotopic (exact) mass is 470 g/mol. The Morgan fingerprint density at radius 1 is 1.07 bits per heavy atom. The van der Waals surface area contributed by atoms with Crippen LogP contribution >= 0.6 is 35.0 Å². The predicted octanol–water partition coefficient (Wildman–Crippen LogP) is 4.79. The van der Waals surface area contributed by atoms with E-state index in [1.165, 1.54) is 11.8 Å². The number of rotatable bonds is 7. The number of benzene rings is 1. The molecule has 1 aromatic carbocycles. The molecule has 11 heteroatoms. The van der Waals surface area contributed by atoms with E-state index in [0.717, 1.165) is 6.26 Å². The lowest BCUT2D eigenvalue weighted by Gasteiger charge is -2.11. The number of halogens is 2. The largest absolute Gasteiger partial charge is 0.338 e.